The summed E-state index contributed by atoms with van der Waals surface area (Å²) in [6.45, 7) is 11.8. The molecule has 24 heavy (non-hydrogen) atoms. The third-order valence-corrected chi connectivity index (χ3v) is 3.43. The molecule has 0 spiro atoms. The van der Waals surface area contributed by atoms with Crippen LogP contribution in [0.15, 0.2) is 23.1 Å². The summed E-state index contributed by atoms with van der Waals surface area (Å²) < 4.78 is 1.47. The van der Waals surface area contributed by atoms with Crippen LogP contribution in [0.2, 0.25) is 0 Å². The van der Waals surface area contributed by atoms with Crippen molar-refractivity contribution < 1.29 is 4.79 Å². The van der Waals surface area contributed by atoms with Gasteiger partial charge in [0.15, 0.2) is 11.5 Å². The number of rotatable bonds is 4. The number of hydrogen-bond acceptors (Lipinski definition) is 4. The number of carbonyl (C=O) groups is 1. The molecule has 2 N–H and O–H groups in total. The van der Waals surface area contributed by atoms with E-state index in [2.05, 4.69) is 15.6 Å². The van der Waals surface area contributed by atoms with E-state index < -0.39 is 0 Å². The zero-order chi connectivity index (χ0) is 18.1. The number of anilines is 2. The number of nitrogens with zero attached hydrogens (tertiary/aromatic N) is 2. The van der Waals surface area contributed by atoms with Crippen molar-refractivity contribution in [3.8, 4) is 0 Å². The highest BCUT2D eigenvalue weighted by molar-refractivity contribution is 5.94. The molecule has 0 aliphatic rings. The second kappa shape index (κ2) is 6.63. The highest BCUT2D eigenvalue weighted by Gasteiger charge is 2.20. The van der Waals surface area contributed by atoms with Gasteiger partial charge in [-0.15, -0.1) is 0 Å². The highest BCUT2D eigenvalue weighted by atomic mass is 16.2. The lowest BCUT2D eigenvalue weighted by Crippen LogP contribution is -2.28. The molecule has 1 amide bonds. The summed E-state index contributed by atoms with van der Waals surface area (Å²) in [4.78, 5) is 29.7. The van der Waals surface area contributed by atoms with Crippen LogP contribution in [-0.4, -0.2) is 21.3 Å². The number of fused-ring (bicyclic) bond motifs is 1. The Morgan fingerprint density at radius 2 is 2.00 bits per heavy atom. The molecular formula is C18H26N4O2. The quantitative estimate of drug-likeness (QED) is 0.902. The maximum Gasteiger partial charge on any atom is 0.283 e. The molecule has 2 heterocycles. The lowest BCUT2D eigenvalue weighted by molar-refractivity contribution is -0.117. The summed E-state index contributed by atoms with van der Waals surface area (Å²) in [5.74, 6) is 0.215. The minimum absolute atomic E-state index is 0.0848. The van der Waals surface area contributed by atoms with Crippen LogP contribution < -0.4 is 16.2 Å². The fourth-order valence-electron chi connectivity index (χ4n) is 2.45. The number of aromatic nitrogens is 2. The van der Waals surface area contributed by atoms with Gasteiger partial charge in [-0.3, -0.25) is 14.0 Å². The third kappa shape index (κ3) is 4.13. The first-order valence-electron chi connectivity index (χ1n) is 8.17. The average Bonchev–Trinajstić information content (AvgIpc) is 2.42. The van der Waals surface area contributed by atoms with Crippen molar-refractivity contribution in [2.24, 2.45) is 5.41 Å². The molecule has 0 saturated carbocycles. The zero-order valence-corrected chi connectivity index (χ0v) is 15.2. The Morgan fingerprint density at radius 3 is 2.58 bits per heavy atom. The minimum atomic E-state index is -0.283. The van der Waals surface area contributed by atoms with Crippen LogP contribution in [-0.2, 0) is 4.79 Å². The van der Waals surface area contributed by atoms with Gasteiger partial charge in [0.05, 0.1) is 0 Å². The summed E-state index contributed by atoms with van der Waals surface area (Å²) >= 11 is 0. The monoisotopic (exact) mass is 330 g/mol. The lowest BCUT2D eigenvalue weighted by atomic mass is 9.92. The topological polar surface area (TPSA) is 75.5 Å². The van der Waals surface area contributed by atoms with E-state index in [1.807, 2.05) is 47.6 Å². The van der Waals surface area contributed by atoms with Crippen molar-refractivity contribution in [2.45, 2.75) is 54.0 Å². The molecule has 2 aromatic rings. The predicted octanol–water partition coefficient (Wildman–Crippen LogP) is 3.20. The molecule has 0 unspecified atom stereocenters. The number of carbonyl (C=O) groups excluding carboxylic acids is 1. The van der Waals surface area contributed by atoms with Crippen LogP contribution in [0.1, 0.15) is 46.6 Å². The number of hydrogen-bond donors (Lipinski definition) is 2. The Bertz CT molecular complexity index is 816. The molecule has 0 atom stereocenters. The van der Waals surface area contributed by atoms with Crippen LogP contribution >= 0.6 is 0 Å². The summed E-state index contributed by atoms with van der Waals surface area (Å²) in [5.41, 5.74) is 1.23. The number of aryl methyl sites for hydroxylation is 1. The highest BCUT2D eigenvalue weighted by Crippen LogP contribution is 2.22. The smallest absolute Gasteiger partial charge is 0.283 e. The lowest BCUT2D eigenvalue weighted by Gasteiger charge is -2.19. The Labute approximate surface area is 142 Å². The van der Waals surface area contributed by atoms with Crippen molar-refractivity contribution in [1.29, 1.82) is 0 Å². The third-order valence-electron chi connectivity index (χ3n) is 3.43. The first-order valence-corrected chi connectivity index (χ1v) is 8.17. The van der Waals surface area contributed by atoms with E-state index in [4.69, 9.17) is 0 Å². The summed E-state index contributed by atoms with van der Waals surface area (Å²) in [5, 5.41) is 5.92. The molecular weight excluding hydrogens is 304 g/mol. The number of pyridine rings is 1. The molecule has 0 bridgehead atoms. The van der Waals surface area contributed by atoms with Crippen molar-refractivity contribution >= 4 is 23.1 Å². The summed E-state index contributed by atoms with van der Waals surface area (Å²) in [6, 6.07) is 3.78. The number of nitrogens with one attached hydrogen (secondary N) is 2. The predicted molar refractivity (Wildman–Crippen MR) is 97.7 cm³/mol. The molecule has 0 aliphatic carbocycles. The van der Waals surface area contributed by atoms with E-state index in [1.165, 1.54) is 4.40 Å². The van der Waals surface area contributed by atoms with Crippen LogP contribution in [0, 0.1) is 12.3 Å². The molecule has 6 nitrogen and oxygen atoms in total. The average molecular weight is 330 g/mol. The SMILES string of the molecule is Cc1cccn2c(=O)c(NC(=O)CC(C)(C)C)c(NC(C)C)nc12. The van der Waals surface area contributed by atoms with E-state index in [0.29, 0.717) is 17.9 Å². The fraction of sp³-hybridized carbons (Fsp3) is 0.500. The van der Waals surface area contributed by atoms with E-state index in [0.717, 1.165) is 5.56 Å². The van der Waals surface area contributed by atoms with Gasteiger partial charge in [0.25, 0.3) is 5.56 Å². The van der Waals surface area contributed by atoms with E-state index in [9.17, 15) is 9.59 Å². The van der Waals surface area contributed by atoms with Crippen molar-refractivity contribution in [3.63, 3.8) is 0 Å². The largest absolute Gasteiger partial charge is 0.366 e. The molecule has 130 valence electrons. The van der Waals surface area contributed by atoms with Gasteiger partial charge in [-0.05, 0) is 37.8 Å². The van der Waals surface area contributed by atoms with Gasteiger partial charge in [-0.1, -0.05) is 26.8 Å². The van der Waals surface area contributed by atoms with Crippen molar-refractivity contribution in [2.75, 3.05) is 10.6 Å². The molecule has 0 radical (unpaired) electrons. The Hall–Kier alpha value is -2.37. The Kier molecular flexibility index (Phi) is 4.96. The first-order chi connectivity index (χ1) is 11.1. The molecule has 0 saturated heterocycles. The van der Waals surface area contributed by atoms with Crippen molar-refractivity contribution in [3.05, 3.63) is 34.2 Å². The van der Waals surface area contributed by atoms with E-state index in [-0.39, 0.29) is 28.6 Å². The second-order valence-corrected chi connectivity index (χ2v) is 7.61. The fourth-order valence-corrected chi connectivity index (χ4v) is 2.45. The van der Waals surface area contributed by atoms with Crippen LogP contribution in [0.5, 0.6) is 0 Å². The standard InChI is InChI=1S/C18H26N4O2/c1-11(2)19-15-14(20-13(23)10-18(4,5)6)17(24)22-9-7-8-12(3)16(22)21-15/h7-9,11,19H,10H2,1-6H3,(H,20,23). The van der Waals surface area contributed by atoms with Gasteiger partial charge in [-0.25, -0.2) is 4.98 Å². The van der Waals surface area contributed by atoms with Crippen LogP contribution in [0.3, 0.4) is 0 Å². The van der Waals surface area contributed by atoms with E-state index >= 15 is 0 Å². The van der Waals surface area contributed by atoms with Gasteiger partial charge in [0, 0.05) is 18.7 Å². The maximum atomic E-state index is 12.9. The van der Waals surface area contributed by atoms with Crippen LogP contribution in [0.4, 0.5) is 11.5 Å². The van der Waals surface area contributed by atoms with E-state index in [1.54, 1.807) is 12.3 Å². The van der Waals surface area contributed by atoms with Crippen LogP contribution in [0.25, 0.3) is 5.65 Å². The second-order valence-electron chi connectivity index (χ2n) is 7.61. The Morgan fingerprint density at radius 1 is 1.33 bits per heavy atom. The first kappa shape index (κ1) is 18.0. The molecule has 2 aromatic heterocycles. The van der Waals surface area contributed by atoms with Crippen molar-refractivity contribution in [1.82, 2.24) is 9.38 Å². The molecule has 0 fully saturated rings. The normalized spacial score (nSPS) is 11.8. The molecule has 0 aliphatic heterocycles. The van der Waals surface area contributed by atoms with Gasteiger partial charge in [0.1, 0.15) is 5.65 Å². The minimum Gasteiger partial charge on any atom is -0.366 e. The van der Waals surface area contributed by atoms with Gasteiger partial charge in [-0.2, -0.15) is 0 Å². The summed E-state index contributed by atoms with van der Waals surface area (Å²) in [7, 11) is 0. The maximum absolute atomic E-state index is 12.9. The molecule has 2 rings (SSSR count). The molecule has 0 aromatic carbocycles. The summed E-state index contributed by atoms with van der Waals surface area (Å²) in [6.07, 6.45) is 1.99. The van der Waals surface area contributed by atoms with Gasteiger partial charge < -0.3 is 10.6 Å². The van der Waals surface area contributed by atoms with Gasteiger partial charge in [0.2, 0.25) is 5.91 Å². The van der Waals surface area contributed by atoms with Gasteiger partial charge >= 0.3 is 0 Å². The molecule has 6 heteroatoms. The Balaban J connectivity index is 2.55. The zero-order valence-electron chi connectivity index (χ0n) is 15.2. The number of amides is 1.